The highest BCUT2D eigenvalue weighted by molar-refractivity contribution is 6.35. The monoisotopic (exact) mass is 196 g/mol. The number of fused-ring (bicyclic) bond motifs is 1. The lowest BCUT2D eigenvalue weighted by Gasteiger charge is -1.96. The molecule has 13 heavy (non-hydrogen) atoms. The molecule has 2 aromatic heterocycles. The van der Waals surface area contributed by atoms with Crippen molar-refractivity contribution in [3.8, 4) is 0 Å². The van der Waals surface area contributed by atoms with Crippen molar-refractivity contribution in [3.05, 3.63) is 29.5 Å². The molecule has 0 fully saturated rings. The van der Waals surface area contributed by atoms with Gasteiger partial charge >= 0.3 is 6.09 Å². The van der Waals surface area contributed by atoms with Gasteiger partial charge in [0.25, 0.3) is 0 Å². The maximum absolute atomic E-state index is 10.7. The van der Waals surface area contributed by atoms with Gasteiger partial charge in [-0.2, -0.15) is 0 Å². The topological polar surface area (TPSA) is 55.1 Å². The lowest BCUT2D eigenvalue weighted by atomic mass is 10.3. The lowest BCUT2D eigenvalue weighted by molar-refractivity contribution is 0.197. The quantitative estimate of drug-likeness (QED) is 0.703. The second-order valence-electron chi connectivity index (χ2n) is 2.50. The summed E-state index contributed by atoms with van der Waals surface area (Å²) >= 11 is 5.83. The van der Waals surface area contributed by atoms with Gasteiger partial charge in [-0.1, -0.05) is 11.6 Å². The molecular formula is C8H5ClN2O2. The molecule has 66 valence electrons. The van der Waals surface area contributed by atoms with Crippen LogP contribution in [0.3, 0.4) is 0 Å². The molecule has 0 aromatic carbocycles. The molecule has 1 N–H and O–H groups in total. The van der Waals surface area contributed by atoms with Gasteiger partial charge in [0.1, 0.15) is 0 Å². The van der Waals surface area contributed by atoms with Gasteiger partial charge in [0.2, 0.25) is 0 Å². The van der Waals surface area contributed by atoms with Crippen molar-refractivity contribution in [2.45, 2.75) is 0 Å². The Morgan fingerprint density at radius 3 is 3.00 bits per heavy atom. The first-order valence-corrected chi connectivity index (χ1v) is 3.93. The van der Waals surface area contributed by atoms with E-state index in [4.69, 9.17) is 16.7 Å². The van der Waals surface area contributed by atoms with Crippen molar-refractivity contribution in [2.24, 2.45) is 0 Å². The summed E-state index contributed by atoms with van der Waals surface area (Å²) in [5.41, 5.74) is 0.361. The number of rotatable bonds is 0. The SMILES string of the molecule is O=C(O)n1ccc2c(Cl)ccnc21. The van der Waals surface area contributed by atoms with E-state index in [1.54, 1.807) is 12.1 Å². The van der Waals surface area contributed by atoms with E-state index < -0.39 is 6.09 Å². The van der Waals surface area contributed by atoms with Gasteiger partial charge in [0.05, 0.1) is 5.02 Å². The summed E-state index contributed by atoms with van der Waals surface area (Å²) in [6, 6.07) is 3.24. The zero-order chi connectivity index (χ0) is 9.42. The molecule has 0 aliphatic rings. The van der Waals surface area contributed by atoms with Crippen molar-refractivity contribution in [2.75, 3.05) is 0 Å². The Morgan fingerprint density at radius 2 is 2.31 bits per heavy atom. The molecule has 0 atom stereocenters. The third-order valence-electron chi connectivity index (χ3n) is 1.74. The van der Waals surface area contributed by atoms with E-state index in [-0.39, 0.29) is 0 Å². The van der Waals surface area contributed by atoms with Gasteiger partial charge in [-0.3, -0.25) is 0 Å². The average Bonchev–Trinajstić information content (AvgIpc) is 2.48. The molecule has 0 unspecified atom stereocenters. The van der Waals surface area contributed by atoms with Crippen LogP contribution in [0.2, 0.25) is 5.02 Å². The zero-order valence-corrected chi connectivity index (χ0v) is 7.19. The van der Waals surface area contributed by atoms with E-state index >= 15 is 0 Å². The number of halogens is 1. The average molecular weight is 197 g/mol. The molecule has 0 spiro atoms. The third-order valence-corrected chi connectivity index (χ3v) is 2.07. The molecular weight excluding hydrogens is 192 g/mol. The zero-order valence-electron chi connectivity index (χ0n) is 6.44. The largest absolute Gasteiger partial charge is 0.464 e. The van der Waals surface area contributed by atoms with Gasteiger partial charge in [-0.25, -0.2) is 14.3 Å². The van der Waals surface area contributed by atoms with E-state index in [9.17, 15) is 4.79 Å². The molecule has 0 radical (unpaired) electrons. The van der Waals surface area contributed by atoms with Crippen LogP contribution in [0.1, 0.15) is 0 Å². The smallest absolute Gasteiger partial charge is 0.417 e. The number of aromatic nitrogens is 2. The minimum atomic E-state index is -1.07. The van der Waals surface area contributed by atoms with Crippen molar-refractivity contribution in [3.63, 3.8) is 0 Å². The van der Waals surface area contributed by atoms with Crippen LogP contribution in [0, 0.1) is 0 Å². The lowest BCUT2D eigenvalue weighted by Crippen LogP contribution is -2.06. The van der Waals surface area contributed by atoms with Crippen LogP contribution in [0.15, 0.2) is 24.5 Å². The molecule has 0 bridgehead atoms. The molecule has 0 aliphatic carbocycles. The molecule has 2 rings (SSSR count). The molecule has 0 aliphatic heterocycles. The highest BCUT2D eigenvalue weighted by Gasteiger charge is 2.09. The Balaban J connectivity index is 2.83. The Morgan fingerprint density at radius 1 is 1.54 bits per heavy atom. The van der Waals surface area contributed by atoms with Crippen LogP contribution < -0.4 is 0 Å². The first kappa shape index (κ1) is 8.07. The number of carbonyl (C=O) groups is 1. The summed E-state index contributed by atoms with van der Waals surface area (Å²) in [4.78, 5) is 14.6. The number of hydrogen-bond donors (Lipinski definition) is 1. The molecule has 2 aromatic rings. The first-order chi connectivity index (χ1) is 6.20. The van der Waals surface area contributed by atoms with Crippen LogP contribution in [0.25, 0.3) is 11.0 Å². The van der Waals surface area contributed by atoms with Gasteiger partial charge in [0.15, 0.2) is 5.65 Å². The van der Waals surface area contributed by atoms with E-state index in [2.05, 4.69) is 4.98 Å². The molecule has 0 amide bonds. The number of carboxylic acid groups (broad SMARTS) is 1. The first-order valence-electron chi connectivity index (χ1n) is 3.55. The van der Waals surface area contributed by atoms with Crippen LogP contribution in [0.5, 0.6) is 0 Å². The van der Waals surface area contributed by atoms with E-state index in [1.165, 1.54) is 12.4 Å². The van der Waals surface area contributed by atoms with E-state index in [0.29, 0.717) is 16.1 Å². The molecule has 2 heterocycles. The summed E-state index contributed by atoms with van der Waals surface area (Å²) in [5.74, 6) is 0. The van der Waals surface area contributed by atoms with Crippen LogP contribution in [0.4, 0.5) is 4.79 Å². The normalized spacial score (nSPS) is 10.5. The maximum atomic E-state index is 10.7. The molecule has 4 nitrogen and oxygen atoms in total. The fourth-order valence-corrected chi connectivity index (χ4v) is 1.36. The summed E-state index contributed by atoms with van der Waals surface area (Å²) in [5, 5.41) is 9.89. The van der Waals surface area contributed by atoms with Gasteiger partial charge in [-0.15, -0.1) is 0 Å². The standard InChI is InChI=1S/C8H5ClN2O2/c9-6-1-3-10-7-5(6)2-4-11(7)8(12)13/h1-4H,(H,12,13). The third kappa shape index (κ3) is 1.15. The predicted octanol–water partition coefficient (Wildman–Crippen LogP) is 2.22. The fourth-order valence-electron chi connectivity index (χ4n) is 1.16. The molecule has 0 saturated carbocycles. The van der Waals surface area contributed by atoms with Gasteiger partial charge < -0.3 is 5.11 Å². The maximum Gasteiger partial charge on any atom is 0.417 e. The molecule has 0 saturated heterocycles. The molecule has 5 heteroatoms. The van der Waals surface area contributed by atoms with Crippen molar-refractivity contribution in [1.82, 2.24) is 9.55 Å². The van der Waals surface area contributed by atoms with E-state index in [0.717, 1.165) is 4.57 Å². The highest BCUT2D eigenvalue weighted by Crippen LogP contribution is 2.21. The van der Waals surface area contributed by atoms with E-state index in [1.807, 2.05) is 0 Å². The Hall–Kier alpha value is -1.55. The Labute approximate surface area is 78.4 Å². The van der Waals surface area contributed by atoms with Crippen LogP contribution in [-0.4, -0.2) is 20.8 Å². The Bertz CT molecular complexity index is 478. The summed E-state index contributed by atoms with van der Waals surface area (Å²) in [7, 11) is 0. The second-order valence-corrected chi connectivity index (χ2v) is 2.91. The number of pyridine rings is 1. The summed E-state index contributed by atoms with van der Waals surface area (Å²) < 4.78 is 1.03. The second kappa shape index (κ2) is 2.74. The highest BCUT2D eigenvalue weighted by atomic mass is 35.5. The summed E-state index contributed by atoms with van der Waals surface area (Å²) in [6.45, 7) is 0. The minimum absolute atomic E-state index is 0.361. The van der Waals surface area contributed by atoms with Crippen molar-refractivity contribution in [1.29, 1.82) is 0 Å². The minimum Gasteiger partial charge on any atom is -0.464 e. The van der Waals surface area contributed by atoms with Crippen molar-refractivity contribution >= 4 is 28.7 Å². The predicted molar refractivity (Wildman–Crippen MR) is 48.2 cm³/mol. The Kier molecular flexibility index (Phi) is 1.70. The van der Waals surface area contributed by atoms with Gasteiger partial charge in [0, 0.05) is 17.8 Å². The summed E-state index contributed by atoms with van der Waals surface area (Å²) in [6.07, 6.45) is 1.83. The van der Waals surface area contributed by atoms with Crippen LogP contribution >= 0.6 is 11.6 Å². The fraction of sp³-hybridized carbons (Fsp3) is 0. The number of hydrogen-bond acceptors (Lipinski definition) is 2. The van der Waals surface area contributed by atoms with Crippen molar-refractivity contribution < 1.29 is 9.90 Å². The number of nitrogens with zero attached hydrogens (tertiary/aromatic N) is 2. The van der Waals surface area contributed by atoms with Crippen LogP contribution in [-0.2, 0) is 0 Å². The van der Waals surface area contributed by atoms with Gasteiger partial charge in [-0.05, 0) is 12.1 Å².